The molecule has 0 bridgehead atoms. The number of carbonyl (C=O) groups is 3. The number of hydrogen-bond donors (Lipinski definition) is 3. The molecule has 1 aliphatic heterocycles. The first-order valence-corrected chi connectivity index (χ1v) is 13.9. The normalized spacial score (nSPS) is 14.5. The van der Waals surface area contributed by atoms with Crippen molar-refractivity contribution in [3.8, 4) is 5.75 Å². The maximum Gasteiger partial charge on any atom is 0.326 e. The highest BCUT2D eigenvalue weighted by molar-refractivity contribution is 6.33. The number of nitrogens with zero attached hydrogens (tertiary/aromatic N) is 2. The van der Waals surface area contributed by atoms with Crippen molar-refractivity contribution in [2.75, 3.05) is 12.0 Å². The van der Waals surface area contributed by atoms with Crippen LogP contribution in [0.25, 0.3) is 17.0 Å². The lowest BCUT2D eigenvalue weighted by molar-refractivity contribution is -0.139. The number of anilines is 1. The molecule has 1 atom stereocenters. The number of ether oxygens (including phenoxy) is 1. The molecule has 1 unspecified atom stereocenters. The number of methoxy groups -OCH3 is 1. The molecule has 0 spiro atoms. The molecule has 9 heteroatoms. The van der Waals surface area contributed by atoms with Crippen molar-refractivity contribution in [3.05, 3.63) is 137 Å². The van der Waals surface area contributed by atoms with Gasteiger partial charge < -0.3 is 20.1 Å². The molecule has 3 N–H and O–H groups in total. The number of fused-ring (bicyclic) bond motifs is 1. The molecule has 2 heterocycles. The van der Waals surface area contributed by atoms with Crippen LogP contribution in [0.4, 0.5) is 5.69 Å². The van der Waals surface area contributed by atoms with E-state index in [2.05, 4.69) is 10.3 Å². The predicted molar refractivity (Wildman–Crippen MR) is 169 cm³/mol. The summed E-state index contributed by atoms with van der Waals surface area (Å²) in [6, 6.07) is 29.6. The first-order valence-electron chi connectivity index (χ1n) is 13.9. The van der Waals surface area contributed by atoms with Gasteiger partial charge >= 0.3 is 5.97 Å². The molecule has 218 valence electrons. The number of aliphatic imine (C=N–C) groups is 1. The van der Waals surface area contributed by atoms with Gasteiger partial charge in [0.1, 0.15) is 23.3 Å². The number of benzene rings is 4. The van der Waals surface area contributed by atoms with Gasteiger partial charge in [-0.05, 0) is 48.0 Å². The van der Waals surface area contributed by atoms with E-state index in [1.54, 1.807) is 43.6 Å². The monoisotopic (exact) mass is 584 g/mol. The third kappa shape index (κ3) is 5.58. The molecule has 1 aliphatic rings. The number of aromatic amines is 1. The Bertz CT molecular complexity index is 1930. The summed E-state index contributed by atoms with van der Waals surface area (Å²) in [6.45, 7) is 0. The van der Waals surface area contributed by atoms with Crippen molar-refractivity contribution in [2.24, 2.45) is 4.99 Å². The zero-order valence-electron chi connectivity index (χ0n) is 23.7. The minimum atomic E-state index is -1.14. The summed E-state index contributed by atoms with van der Waals surface area (Å²) in [7, 11) is 1.57. The maximum absolute atomic E-state index is 13.7. The fraction of sp³-hybridized carbons (Fsp3) is 0.0857. The minimum Gasteiger partial charge on any atom is -0.496 e. The molecule has 0 saturated carbocycles. The highest BCUT2D eigenvalue weighted by atomic mass is 16.5. The summed E-state index contributed by atoms with van der Waals surface area (Å²) in [5, 5.41) is 13.4. The largest absolute Gasteiger partial charge is 0.496 e. The van der Waals surface area contributed by atoms with Crippen molar-refractivity contribution in [1.82, 2.24) is 10.3 Å². The molecule has 1 aromatic heterocycles. The molecule has 0 fully saturated rings. The summed E-state index contributed by atoms with van der Waals surface area (Å²) in [6.07, 6.45) is 3.56. The van der Waals surface area contributed by atoms with Gasteiger partial charge in [0.05, 0.1) is 12.8 Å². The van der Waals surface area contributed by atoms with Gasteiger partial charge in [-0.1, -0.05) is 66.7 Å². The number of para-hydroxylation sites is 2. The summed E-state index contributed by atoms with van der Waals surface area (Å²) in [4.78, 5) is 48.3. The second kappa shape index (κ2) is 12.1. The third-order valence-corrected chi connectivity index (χ3v) is 7.41. The van der Waals surface area contributed by atoms with Gasteiger partial charge in [0.25, 0.3) is 11.8 Å². The van der Waals surface area contributed by atoms with Crippen LogP contribution in [0, 0.1) is 0 Å². The van der Waals surface area contributed by atoms with Gasteiger partial charge in [0.2, 0.25) is 0 Å². The lowest BCUT2D eigenvalue weighted by Crippen LogP contribution is -2.42. The van der Waals surface area contributed by atoms with Crippen molar-refractivity contribution in [1.29, 1.82) is 0 Å². The Balaban J connectivity index is 1.25. The van der Waals surface area contributed by atoms with E-state index in [-0.39, 0.29) is 23.6 Å². The van der Waals surface area contributed by atoms with Crippen LogP contribution in [-0.2, 0) is 16.0 Å². The zero-order valence-corrected chi connectivity index (χ0v) is 23.7. The number of aliphatic carboxylic acids is 1. The van der Waals surface area contributed by atoms with E-state index < -0.39 is 17.9 Å². The van der Waals surface area contributed by atoms with Gasteiger partial charge in [0, 0.05) is 40.2 Å². The summed E-state index contributed by atoms with van der Waals surface area (Å²) in [5.74, 6) is -0.955. The van der Waals surface area contributed by atoms with Gasteiger partial charge in [-0.3, -0.25) is 14.5 Å². The highest BCUT2D eigenvalue weighted by Crippen LogP contribution is 2.30. The molecule has 9 nitrogen and oxygen atoms in total. The van der Waals surface area contributed by atoms with Crippen molar-refractivity contribution >= 4 is 46.3 Å². The molecular weight excluding hydrogens is 556 g/mol. The molecule has 0 radical (unpaired) electrons. The van der Waals surface area contributed by atoms with Crippen LogP contribution in [0.1, 0.15) is 27.0 Å². The Labute approximate surface area is 253 Å². The maximum atomic E-state index is 13.7. The first-order chi connectivity index (χ1) is 21.4. The second-order valence-corrected chi connectivity index (χ2v) is 10.2. The van der Waals surface area contributed by atoms with Crippen molar-refractivity contribution < 1.29 is 24.2 Å². The van der Waals surface area contributed by atoms with E-state index in [1.807, 2.05) is 78.9 Å². The SMILES string of the molecule is COc1ccccc1C=C1N=C(c2ccccc2)N(c2ccc(C(=O)NC(Cc3c[nH]c4ccccc34)C(=O)O)cc2)C1=O. The lowest BCUT2D eigenvalue weighted by atomic mass is 10.0. The number of H-pyrrole nitrogens is 1. The Morgan fingerprint density at radius 3 is 2.41 bits per heavy atom. The van der Waals surface area contributed by atoms with Crippen LogP contribution in [0.15, 0.2) is 120 Å². The van der Waals surface area contributed by atoms with Gasteiger partial charge in [0.15, 0.2) is 0 Å². The lowest BCUT2D eigenvalue weighted by Gasteiger charge is -2.19. The molecule has 6 rings (SSSR count). The molecule has 2 amide bonds. The van der Waals surface area contributed by atoms with Crippen molar-refractivity contribution in [2.45, 2.75) is 12.5 Å². The number of nitrogens with one attached hydrogen (secondary N) is 2. The summed E-state index contributed by atoms with van der Waals surface area (Å²) in [5.41, 5.74) is 4.14. The molecule has 5 aromatic rings. The van der Waals surface area contributed by atoms with Gasteiger partial charge in [-0.15, -0.1) is 0 Å². The zero-order chi connectivity index (χ0) is 30.6. The number of rotatable bonds is 9. The van der Waals surface area contributed by atoms with E-state index in [0.29, 0.717) is 22.8 Å². The van der Waals surface area contributed by atoms with Crippen LogP contribution >= 0.6 is 0 Å². The van der Waals surface area contributed by atoms with E-state index >= 15 is 0 Å². The third-order valence-electron chi connectivity index (χ3n) is 7.41. The number of carboxylic acids is 1. The van der Waals surface area contributed by atoms with Crippen LogP contribution in [0.3, 0.4) is 0 Å². The topological polar surface area (TPSA) is 124 Å². The number of carbonyl (C=O) groups excluding carboxylic acids is 2. The number of carboxylic acid groups (broad SMARTS) is 1. The predicted octanol–water partition coefficient (Wildman–Crippen LogP) is 5.44. The Morgan fingerprint density at radius 2 is 1.66 bits per heavy atom. The molecule has 4 aromatic carbocycles. The number of aromatic nitrogens is 1. The number of amides is 2. The fourth-order valence-corrected chi connectivity index (χ4v) is 5.19. The van der Waals surface area contributed by atoms with Crippen molar-refractivity contribution in [3.63, 3.8) is 0 Å². The van der Waals surface area contributed by atoms with Gasteiger partial charge in [-0.2, -0.15) is 0 Å². The van der Waals surface area contributed by atoms with E-state index in [9.17, 15) is 19.5 Å². The fourth-order valence-electron chi connectivity index (χ4n) is 5.19. The minimum absolute atomic E-state index is 0.115. The van der Waals surface area contributed by atoms with Gasteiger partial charge in [-0.25, -0.2) is 9.79 Å². The number of hydrogen-bond acceptors (Lipinski definition) is 5. The number of amidine groups is 1. The standard InChI is InChI=1S/C35H28N4O5/c1-44-31-14-8-5-11-24(31)19-29-34(41)39(32(37-29)22-9-3-2-4-10-22)26-17-15-23(16-18-26)33(40)38-30(35(42)43)20-25-21-36-28-13-7-6-12-27(25)28/h2-19,21,30,36H,20H2,1H3,(H,38,40)(H,42,43). The van der Waals surface area contributed by atoms with Crippen LogP contribution in [0.2, 0.25) is 0 Å². The Kier molecular flexibility index (Phi) is 7.75. The van der Waals surface area contributed by atoms with E-state index in [1.165, 1.54) is 4.90 Å². The van der Waals surface area contributed by atoms with Crippen LogP contribution in [-0.4, -0.2) is 46.9 Å². The second-order valence-electron chi connectivity index (χ2n) is 10.2. The molecule has 0 aliphatic carbocycles. The molecular formula is C35H28N4O5. The van der Waals surface area contributed by atoms with Crippen LogP contribution in [0.5, 0.6) is 5.75 Å². The first kappa shape index (κ1) is 28.2. The average Bonchev–Trinajstić information content (AvgIpc) is 3.61. The molecule has 44 heavy (non-hydrogen) atoms. The Morgan fingerprint density at radius 1 is 0.955 bits per heavy atom. The quantitative estimate of drug-likeness (QED) is 0.199. The summed E-state index contributed by atoms with van der Waals surface area (Å²) >= 11 is 0. The Hall–Kier alpha value is -5.96. The molecule has 0 saturated heterocycles. The average molecular weight is 585 g/mol. The smallest absolute Gasteiger partial charge is 0.326 e. The van der Waals surface area contributed by atoms with E-state index in [4.69, 9.17) is 9.73 Å². The highest BCUT2D eigenvalue weighted by Gasteiger charge is 2.33. The van der Waals surface area contributed by atoms with Crippen LogP contribution < -0.4 is 15.0 Å². The van der Waals surface area contributed by atoms with E-state index in [0.717, 1.165) is 22.0 Å². The summed E-state index contributed by atoms with van der Waals surface area (Å²) < 4.78 is 5.45.